The fraction of sp³-hybridized carbons (Fsp3) is 0.500. The molecule has 290 valence electrons. The minimum atomic E-state index is -0.0707. The zero-order chi connectivity index (χ0) is 38.2. The topological polar surface area (TPSA) is 75.8 Å². The fourth-order valence-electron chi connectivity index (χ4n) is 7.47. The van der Waals surface area contributed by atoms with Crippen molar-refractivity contribution in [2.24, 2.45) is 0 Å². The molecule has 0 spiro atoms. The Morgan fingerprint density at radius 2 is 0.774 bits per heavy atom. The molecule has 0 unspecified atom stereocenters. The van der Waals surface area contributed by atoms with Crippen LogP contribution < -0.4 is 0 Å². The molecule has 6 rings (SSSR count). The maximum atomic E-state index is 8.80. The summed E-state index contributed by atoms with van der Waals surface area (Å²) in [5.74, 6) is 0. The first-order chi connectivity index (χ1) is 24.1. The standard InChI is InChI=1S/2C24H32N2.Ni/c2*1-23(2,3)17-14-19(24(4,5)6)22(25)21(15-17)26-20-13-9-11-16-10-7-8-12-18(16)20;/h2*9,11,13-15,25H,7-8,10,12H2,1-6H3;/q2*-2;. The van der Waals surface area contributed by atoms with Crippen LogP contribution in [0.15, 0.2) is 60.7 Å². The van der Waals surface area contributed by atoms with Crippen LogP contribution in [0.2, 0.25) is 0 Å². The number of hydrogen-bond acceptors (Lipinski definition) is 0. The number of fused-ring (bicyclic) bond motifs is 2. The zero-order valence-electron chi connectivity index (χ0n) is 34.6. The number of benzene rings is 4. The Balaban J connectivity index is 0.000000232. The molecule has 53 heavy (non-hydrogen) atoms. The molecule has 4 aromatic carbocycles. The number of aryl methyl sites for hydroxylation is 2. The number of nitrogens with zero attached hydrogens (tertiary/aromatic N) is 2. The summed E-state index contributed by atoms with van der Waals surface area (Å²) in [6.45, 7) is 26.5. The molecule has 0 aromatic heterocycles. The van der Waals surface area contributed by atoms with Gasteiger partial charge in [-0.25, -0.2) is 0 Å². The second kappa shape index (κ2) is 16.1. The van der Waals surface area contributed by atoms with Crippen molar-refractivity contribution in [2.75, 3.05) is 0 Å². The SMILES string of the molecule is CC(C)(C)c1cc([N-]c2cccc3c2CCCC3)c([NH-])c(C(C)(C)C)c1.CC(C)(C)c1cc([N-]c2cccc3c2CCCC3)c([NH-])c(C(C)(C)C)c1.[Ni]. The van der Waals surface area contributed by atoms with Gasteiger partial charge in [0, 0.05) is 16.5 Å². The van der Waals surface area contributed by atoms with E-state index in [4.69, 9.17) is 22.1 Å². The summed E-state index contributed by atoms with van der Waals surface area (Å²) in [5.41, 5.74) is 32.7. The quantitative estimate of drug-likeness (QED) is 0.186. The molecule has 0 amide bonds. The molecule has 0 radical (unpaired) electrons. The van der Waals surface area contributed by atoms with Crippen LogP contribution in [-0.4, -0.2) is 0 Å². The van der Waals surface area contributed by atoms with Crippen molar-refractivity contribution in [1.29, 1.82) is 0 Å². The first kappa shape index (κ1) is 42.3. The van der Waals surface area contributed by atoms with Crippen LogP contribution in [0.5, 0.6) is 0 Å². The van der Waals surface area contributed by atoms with Gasteiger partial charge < -0.3 is 22.1 Å². The third-order valence-corrected chi connectivity index (χ3v) is 10.8. The molecule has 0 heterocycles. The van der Waals surface area contributed by atoms with Crippen molar-refractivity contribution in [3.05, 3.63) is 127 Å². The first-order valence-electron chi connectivity index (χ1n) is 19.6. The van der Waals surface area contributed by atoms with Gasteiger partial charge in [-0.2, -0.15) is 22.7 Å². The van der Waals surface area contributed by atoms with E-state index in [2.05, 4.69) is 144 Å². The predicted octanol–water partition coefficient (Wildman–Crippen LogP) is 16.4. The second-order valence-electron chi connectivity index (χ2n) is 19.3. The molecule has 2 N–H and O–H groups in total. The Morgan fingerprint density at radius 1 is 0.434 bits per heavy atom. The summed E-state index contributed by atoms with van der Waals surface area (Å²) in [4.78, 5) is 0. The van der Waals surface area contributed by atoms with Gasteiger partial charge in [0.15, 0.2) is 0 Å². The Morgan fingerprint density at radius 3 is 1.09 bits per heavy atom. The van der Waals surface area contributed by atoms with Crippen molar-refractivity contribution < 1.29 is 16.5 Å². The third kappa shape index (κ3) is 10.0. The second-order valence-corrected chi connectivity index (χ2v) is 19.3. The van der Waals surface area contributed by atoms with Crippen molar-refractivity contribution in [2.45, 2.75) is 156 Å². The van der Waals surface area contributed by atoms with E-state index in [9.17, 15) is 0 Å². The maximum Gasteiger partial charge on any atom is 0 e. The van der Waals surface area contributed by atoms with Gasteiger partial charge in [-0.05, 0) is 95.3 Å². The van der Waals surface area contributed by atoms with Crippen molar-refractivity contribution in [3.63, 3.8) is 0 Å². The average Bonchev–Trinajstić information content (AvgIpc) is 3.05. The summed E-state index contributed by atoms with van der Waals surface area (Å²) in [5, 5.41) is 10.0. The molecular weight excluding hydrogens is 691 g/mol. The molecule has 4 nitrogen and oxygen atoms in total. The van der Waals surface area contributed by atoms with E-state index in [-0.39, 0.29) is 38.2 Å². The number of hydrogen-bond donors (Lipinski definition) is 0. The van der Waals surface area contributed by atoms with Crippen LogP contribution in [0, 0.1) is 0 Å². The van der Waals surface area contributed by atoms with E-state index in [1.165, 1.54) is 59.1 Å². The normalized spacial score (nSPS) is 14.6. The summed E-state index contributed by atoms with van der Waals surface area (Å²) >= 11 is 0. The molecule has 0 aliphatic heterocycles. The predicted molar refractivity (Wildman–Crippen MR) is 227 cm³/mol. The van der Waals surface area contributed by atoms with Gasteiger partial charge in [0.05, 0.1) is 0 Å². The van der Waals surface area contributed by atoms with Gasteiger partial charge in [0.25, 0.3) is 0 Å². The Labute approximate surface area is 332 Å². The fourth-order valence-corrected chi connectivity index (χ4v) is 7.47. The molecule has 0 saturated heterocycles. The molecule has 0 saturated carbocycles. The zero-order valence-corrected chi connectivity index (χ0v) is 35.6. The first-order valence-corrected chi connectivity index (χ1v) is 19.6. The van der Waals surface area contributed by atoms with Gasteiger partial charge in [0.2, 0.25) is 0 Å². The van der Waals surface area contributed by atoms with E-state index < -0.39 is 0 Å². The van der Waals surface area contributed by atoms with E-state index >= 15 is 0 Å². The van der Waals surface area contributed by atoms with Crippen LogP contribution in [0.3, 0.4) is 0 Å². The van der Waals surface area contributed by atoms with Crippen molar-refractivity contribution in [3.8, 4) is 0 Å². The van der Waals surface area contributed by atoms with Crippen LogP contribution >= 0.6 is 0 Å². The van der Waals surface area contributed by atoms with E-state index in [1.54, 1.807) is 0 Å². The molecule has 2 aliphatic rings. The van der Waals surface area contributed by atoms with Crippen LogP contribution in [0.1, 0.15) is 153 Å². The molecule has 0 atom stereocenters. The van der Waals surface area contributed by atoms with E-state index in [0.717, 1.165) is 59.6 Å². The van der Waals surface area contributed by atoms with Crippen LogP contribution in [0.25, 0.3) is 22.1 Å². The Bertz CT molecular complexity index is 1750. The smallest absolute Gasteiger partial charge is 0 e. The van der Waals surface area contributed by atoms with Gasteiger partial charge in [-0.15, -0.1) is 11.4 Å². The van der Waals surface area contributed by atoms with Crippen molar-refractivity contribution >= 4 is 34.1 Å². The third-order valence-electron chi connectivity index (χ3n) is 10.8. The van der Waals surface area contributed by atoms with Crippen molar-refractivity contribution in [1.82, 2.24) is 0 Å². The molecule has 2 aliphatic carbocycles. The molecule has 5 heteroatoms. The molecule has 0 bridgehead atoms. The van der Waals surface area contributed by atoms with E-state index in [0.29, 0.717) is 11.4 Å². The number of rotatable bonds is 4. The van der Waals surface area contributed by atoms with Gasteiger partial charge in [-0.3, -0.25) is 0 Å². The Kier molecular flexibility index (Phi) is 12.9. The molecular formula is C48H64N4Ni-4. The summed E-state index contributed by atoms with van der Waals surface area (Å²) in [7, 11) is 0. The number of nitrogens with one attached hydrogen (secondary N) is 2. The van der Waals surface area contributed by atoms with E-state index in [1.807, 2.05) is 0 Å². The van der Waals surface area contributed by atoms with Gasteiger partial charge in [-0.1, -0.05) is 166 Å². The Hall–Kier alpha value is -3.43. The molecule has 4 aromatic rings. The van der Waals surface area contributed by atoms with Crippen LogP contribution in [-0.2, 0) is 63.8 Å². The minimum Gasteiger partial charge on any atom is -0.699 e. The van der Waals surface area contributed by atoms with Gasteiger partial charge >= 0.3 is 0 Å². The molecule has 0 fully saturated rings. The van der Waals surface area contributed by atoms with Gasteiger partial charge in [0.1, 0.15) is 0 Å². The largest absolute Gasteiger partial charge is 0.699 e. The maximum absolute atomic E-state index is 8.80. The monoisotopic (exact) mass is 754 g/mol. The summed E-state index contributed by atoms with van der Waals surface area (Å²) in [6.07, 6.45) is 9.54. The average molecular weight is 756 g/mol. The summed E-state index contributed by atoms with van der Waals surface area (Å²) in [6, 6.07) is 21.6. The van der Waals surface area contributed by atoms with Crippen LogP contribution in [0.4, 0.5) is 34.1 Å². The summed E-state index contributed by atoms with van der Waals surface area (Å²) < 4.78 is 0. The minimum absolute atomic E-state index is 0.